The van der Waals surface area contributed by atoms with Gasteiger partial charge in [0.05, 0.1) is 0 Å². The molecule has 0 N–H and O–H groups in total. The van der Waals surface area contributed by atoms with Crippen LogP contribution in [0.3, 0.4) is 0 Å². The zero-order chi connectivity index (χ0) is 14.3. The lowest BCUT2D eigenvalue weighted by Crippen LogP contribution is -2.30. The summed E-state index contributed by atoms with van der Waals surface area (Å²) in [5.74, 6) is 2.10. The van der Waals surface area contributed by atoms with Crippen LogP contribution < -0.4 is 0 Å². The van der Waals surface area contributed by atoms with Crippen molar-refractivity contribution < 1.29 is 9.59 Å². The summed E-state index contributed by atoms with van der Waals surface area (Å²) < 4.78 is 0. The van der Waals surface area contributed by atoms with Crippen LogP contribution in [0, 0.1) is 42.4 Å². The summed E-state index contributed by atoms with van der Waals surface area (Å²) in [4.78, 5) is 25.1. The minimum absolute atomic E-state index is 0.0331. The van der Waals surface area contributed by atoms with Gasteiger partial charge in [-0.1, -0.05) is 36.4 Å². The summed E-state index contributed by atoms with van der Waals surface area (Å²) in [6.45, 7) is 2.13. The molecule has 0 aliphatic heterocycles. The van der Waals surface area contributed by atoms with E-state index in [2.05, 4.69) is 43.3 Å². The number of rotatable bonds is 1. The smallest absolute Gasteiger partial charge is 0.147 e. The van der Waals surface area contributed by atoms with E-state index in [0.717, 1.165) is 6.42 Å². The fourth-order valence-corrected chi connectivity index (χ4v) is 5.86. The Hall–Kier alpha value is -1.70. The van der Waals surface area contributed by atoms with Crippen LogP contribution in [0.1, 0.15) is 23.5 Å². The van der Waals surface area contributed by atoms with E-state index >= 15 is 0 Å². The second-order valence-electron chi connectivity index (χ2n) is 7.23. The molecule has 106 valence electrons. The van der Waals surface area contributed by atoms with E-state index in [4.69, 9.17) is 0 Å². The highest BCUT2D eigenvalue weighted by Crippen LogP contribution is 2.66. The first-order chi connectivity index (χ1) is 10.2. The first-order valence-electron chi connectivity index (χ1n) is 8.00. The third-order valence-electron chi connectivity index (χ3n) is 6.56. The summed E-state index contributed by atoms with van der Waals surface area (Å²) in [5.41, 5.74) is 2.61. The first kappa shape index (κ1) is 11.9. The summed E-state index contributed by atoms with van der Waals surface area (Å²) in [5, 5.41) is 0. The molecule has 4 bridgehead atoms. The molecule has 2 nitrogen and oxygen atoms in total. The van der Waals surface area contributed by atoms with Crippen LogP contribution in [0.25, 0.3) is 0 Å². The highest BCUT2D eigenvalue weighted by Gasteiger charge is 2.68. The maximum absolute atomic E-state index is 12.8. The highest BCUT2D eigenvalue weighted by molar-refractivity contribution is 5.99. The molecule has 21 heavy (non-hydrogen) atoms. The SMILES string of the molecule is Cc1ccccc1C1CC2C(=O)C1C1C3C=CC(C3=O)C21. The zero-order valence-electron chi connectivity index (χ0n) is 12.0. The lowest BCUT2D eigenvalue weighted by atomic mass is 9.67. The van der Waals surface area contributed by atoms with Crippen LogP contribution in [-0.2, 0) is 9.59 Å². The molecule has 5 rings (SSSR count). The van der Waals surface area contributed by atoms with Crippen molar-refractivity contribution in [1.82, 2.24) is 0 Å². The van der Waals surface area contributed by atoms with E-state index in [1.54, 1.807) is 0 Å². The minimum Gasteiger partial charge on any atom is -0.299 e. The van der Waals surface area contributed by atoms with Crippen LogP contribution in [0.4, 0.5) is 0 Å². The number of ketones is 2. The van der Waals surface area contributed by atoms with Gasteiger partial charge in [-0.25, -0.2) is 0 Å². The van der Waals surface area contributed by atoms with Crippen molar-refractivity contribution in [1.29, 1.82) is 0 Å². The molecular weight excluding hydrogens is 260 g/mol. The second-order valence-corrected chi connectivity index (χ2v) is 7.23. The molecule has 1 aromatic carbocycles. The minimum atomic E-state index is 0.0331. The molecule has 7 atom stereocenters. The fourth-order valence-electron chi connectivity index (χ4n) is 5.86. The van der Waals surface area contributed by atoms with Crippen molar-refractivity contribution in [3.63, 3.8) is 0 Å². The van der Waals surface area contributed by atoms with Crippen molar-refractivity contribution in [2.75, 3.05) is 0 Å². The molecule has 0 heterocycles. The summed E-state index contributed by atoms with van der Waals surface area (Å²) in [7, 11) is 0. The van der Waals surface area contributed by atoms with Gasteiger partial charge >= 0.3 is 0 Å². The highest BCUT2D eigenvalue weighted by atomic mass is 16.1. The standard InChI is InChI=1S/C19H18O2/c1-9-4-2-3-5-10(9)13-8-14-15-11-6-7-12(18(11)20)16(15)17(13)19(14)21/h2-7,11-17H,8H2,1H3. The molecule has 7 unspecified atom stereocenters. The molecule has 1 aromatic rings. The molecule has 4 aliphatic rings. The van der Waals surface area contributed by atoms with Gasteiger partial charge in [-0.05, 0) is 42.2 Å². The Balaban J connectivity index is 1.60. The number of carbonyl (C=O) groups excluding carboxylic acids is 2. The third kappa shape index (κ3) is 1.25. The molecule has 0 aromatic heterocycles. The summed E-state index contributed by atoms with van der Waals surface area (Å²) in [6.07, 6.45) is 5.11. The monoisotopic (exact) mass is 278 g/mol. The molecule has 0 radical (unpaired) electrons. The van der Waals surface area contributed by atoms with Gasteiger partial charge in [-0.15, -0.1) is 0 Å². The third-order valence-corrected chi connectivity index (χ3v) is 6.56. The molecule has 0 saturated heterocycles. The number of allylic oxidation sites excluding steroid dienone is 2. The van der Waals surface area contributed by atoms with Crippen LogP contribution in [0.5, 0.6) is 0 Å². The van der Waals surface area contributed by atoms with E-state index in [9.17, 15) is 9.59 Å². The Morgan fingerprint density at radius 3 is 2.38 bits per heavy atom. The average molecular weight is 278 g/mol. The predicted octanol–water partition coefficient (Wildman–Crippen LogP) is 2.91. The fraction of sp³-hybridized carbons (Fsp3) is 0.474. The van der Waals surface area contributed by atoms with Crippen molar-refractivity contribution in [2.45, 2.75) is 19.3 Å². The number of hydrogen-bond acceptors (Lipinski definition) is 2. The Labute approximate surface area is 124 Å². The maximum Gasteiger partial charge on any atom is 0.147 e. The summed E-state index contributed by atoms with van der Waals surface area (Å²) in [6, 6.07) is 8.44. The van der Waals surface area contributed by atoms with E-state index in [1.807, 2.05) is 0 Å². The van der Waals surface area contributed by atoms with E-state index in [1.165, 1.54) is 11.1 Å². The van der Waals surface area contributed by atoms with E-state index < -0.39 is 0 Å². The predicted molar refractivity (Wildman–Crippen MR) is 78.6 cm³/mol. The summed E-state index contributed by atoms with van der Waals surface area (Å²) >= 11 is 0. The maximum atomic E-state index is 12.8. The number of benzene rings is 1. The van der Waals surface area contributed by atoms with Gasteiger partial charge in [0.25, 0.3) is 0 Å². The normalized spacial score (nSPS) is 45.7. The van der Waals surface area contributed by atoms with Crippen LogP contribution in [0.2, 0.25) is 0 Å². The lowest BCUT2D eigenvalue weighted by molar-refractivity contribution is -0.125. The van der Waals surface area contributed by atoms with Crippen molar-refractivity contribution >= 4 is 11.6 Å². The van der Waals surface area contributed by atoms with Crippen LogP contribution >= 0.6 is 0 Å². The largest absolute Gasteiger partial charge is 0.299 e. The number of Topliss-reactive ketones (excluding diaryl/α,β-unsaturated/α-hetero) is 2. The number of carbonyl (C=O) groups is 2. The average Bonchev–Trinajstić information content (AvgIpc) is 3.17. The zero-order valence-corrected chi connectivity index (χ0v) is 12.0. The Kier molecular flexibility index (Phi) is 2.12. The van der Waals surface area contributed by atoms with E-state index in [-0.39, 0.29) is 23.7 Å². The Bertz CT molecular complexity index is 701. The lowest BCUT2D eigenvalue weighted by Gasteiger charge is -2.35. The van der Waals surface area contributed by atoms with Crippen molar-refractivity contribution in [3.05, 3.63) is 47.5 Å². The Morgan fingerprint density at radius 2 is 1.62 bits per heavy atom. The second kappa shape index (κ2) is 3.73. The van der Waals surface area contributed by atoms with Crippen LogP contribution in [-0.4, -0.2) is 11.6 Å². The molecule has 0 spiro atoms. The van der Waals surface area contributed by atoms with Gasteiger partial charge in [-0.3, -0.25) is 9.59 Å². The molecule has 2 heteroatoms. The number of fused-ring (bicyclic) bond motifs is 9. The molecule has 0 amide bonds. The first-order valence-corrected chi connectivity index (χ1v) is 8.00. The van der Waals surface area contributed by atoms with Gasteiger partial charge in [0.15, 0.2) is 0 Å². The Morgan fingerprint density at radius 1 is 0.905 bits per heavy atom. The van der Waals surface area contributed by atoms with Crippen molar-refractivity contribution in [2.24, 2.45) is 35.5 Å². The van der Waals surface area contributed by atoms with Gasteiger partial charge < -0.3 is 0 Å². The molecular formula is C19H18O2. The topological polar surface area (TPSA) is 34.1 Å². The van der Waals surface area contributed by atoms with Gasteiger partial charge in [-0.2, -0.15) is 0 Å². The van der Waals surface area contributed by atoms with E-state index in [0.29, 0.717) is 29.3 Å². The van der Waals surface area contributed by atoms with Crippen LogP contribution in [0.15, 0.2) is 36.4 Å². The molecule has 3 saturated carbocycles. The molecule has 3 fully saturated rings. The number of hydrogen-bond donors (Lipinski definition) is 0. The van der Waals surface area contributed by atoms with Gasteiger partial charge in [0.2, 0.25) is 0 Å². The van der Waals surface area contributed by atoms with Gasteiger partial charge in [0, 0.05) is 23.7 Å². The van der Waals surface area contributed by atoms with Crippen molar-refractivity contribution in [3.8, 4) is 0 Å². The quantitative estimate of drug-likeness (QED) is 0.584. The molecule has 4 aliphatic carbocycles. The number of aryl methyl sites for hydroxylation is 1. The van der Waals surface area contributed by atoms with Gasteiger partial charge in [0.1, 0.15) is 11.6 Å².